The van der Waals surface area contributed by atoms with E-state index in [1.165, 1.54) is 0 Å². The van der Waals surface area contributed by atoms with Gasteiger partial charge in [-0.3, -0.25) is 0 Å². The molecular weight excluding hydrogens is 470 g/mol. The number of hydrogen-bond acceptors (Lipinski definition) is 1. The Morgan fingerprint density at radius 1 is 0.436 bits per heavy atom. The van der Waals surface area contributed by atoms with Crippen molar-refractivity contribution in [2.24, 2.45) is 0 Å². The van der Waals surface area contributed by atoms with Crippen LogP contribution in [0.4, 0.5) is 17.1 Å². The molecule has 1 nitrogen and oxygen atoms in total. The third kappa shape index (κ3) is 4.35. The van der Waals surface area contributed by atoms with Gasteiger partial charge in [0.15, 0.2) is 0 Å². The molecule has 0 heterocycles. The summed E-state index contributed by atoms with van der Waals surface area (Å²) < 4.78 is 61.2. The summed E-state index contributed by atoms with van der Waals surface area (Å²) in [7, 11) is 0. The van der Waals surface area contributed by atoms with Crippen molar-refractivity contribution in [3.63, 3.8) is 0 Å². The van der Waals surface area contributed by atoms with Crippen LogP contribution in [0.1, 0.15) is 9.60 Å². The van der Waals surface area contributed by atoms with E-state index in [-0.39, 0.29) is 28.5 Å². The smallest absolute Gasteiger partial charge is 0.0645 e. The van der Waals surface area contributed by atoms with Gasteiger partial charge in [-0.2, -0.15) is 0 Å². The number of para-hydroxylation sites is 1. The van der Waals surface area contributed by atoms with Gasteiger partial charge in [0.1, 0.15) is 0 Å². The molecular formula is C38H27N. The van der Waals surface area contributed by atoms with Gasteiger partial charge in [-0.05, 0) is 63.2 Å². The zero-order valence-electron chi connectivity index (χ0n) is 28.0. The molecule has 1 heteroatoms. The molecule has 0 atom stereocenters. The van der Waals surface area contributed by atoms with Crippen molar-refractivity contribution in [3.8, 4) is 22.3 Å². The lowest BCUT2D eigenvalue weighted by Gasteiger charge is -2.29. The maximum Gasteiger partial charge on any atom is 0.0645 e. The van der Waals surface area contributed by atoms with E-state index in [9.17, 15) is 1.37 Å². The van der Waals surface area contributed by atoms with Gasteiger partial charge in [0.25, 0.3) is 0 Å². The maximum absolute atomic E-state index is 9.22. The molecule has 0 saturated carbocycles. The van der Waals surface area contributed by atoms with E-state index >= 15 is 0 Å². The predicted molar refractivity (Wildman–Crippen MR) is 167 cm³/mol. The quantitative estimate of drug-likeness (QED) is 0.225. The molecule has 184 valence electrons. The number of rotatable bonds is 5. The summed E-state index contributed by atoms with van der Waals surface area (Å²) in [6.07, 6.45) is 0. The summed E-state index contributed by atoms with van der Waals surface area (Å²) in [5.74, 6) is 0. The summed E-state index contributed by atoms with van der Waals surface area (Å²) in [5.41, 5.74) is 5.03. The molecule has 0 aliphatic rings. The summed E-state index contributed by atoms with van der Waals surface area (Å²) >= 11 is 0. The number of anilines is 3. The number of nitrogens with zero attached hydrogens (tertiary/aromatic N) is 1. The fraction of sp³-hybridized carbons (Fsp3) is 0. The Hall–Kier alpha value is -5.14. The van der Waals surface area contributed by atoms with E-state index < -0.39 is 30.2 Å². The minimum Gasteiger partial charge on any atom is -0.309 e. The van der Waals surface area contributed by atoms with E-state index in [2.05, 4.69) is 30.3 Å². The molecule has 0 saturated heterocycles. The first kappa shape index (κ1) is 16.7. The van der Waals surface area contributed by atoms with Crippen molar-refractivity contribution in [2.75, 3.05) is 4.90 Å². The van der Waals surface area contributed by atoms with Gasteiger partial charge in [0.05, 0.1) is 21.0 Å². The van der Waals surface area contributed by atoms with Gasteiger partial charge in [0, 0.05) is 16.6 Å². The first-order valence-electron chi connectivity index (χ1n) is 16.3. The normalized spacial score (nSPS) is 13.6. The second-order valence-corrected chi connectivity index (χ2v) is 9.30. The summed E-state index contributed by atoms with van der Waals surface area (Å²) in [5, 5.41) is 2.15. The molecule has 0 aromatic heterocycles. The highest BCUT2D eigenvalue weighted by atomic mass is 15.1. The second kappa shape index (κ2) is 9.96. The Kier molecular flexibility index (Phi) is 4.25. The topological polar surface area (TPSA) is 3.24 Å². The highest BCUT2D eigenvalue weighted by molar-refractivity contribution is 6.01. The summed E-state index contributed by atoms with van der Waals surface area (Å²) in [6, 6.07) is 36.8. The van der Waals surface area contributed by atoms with Crippen LogP contribution in [-0.4, -0.2) is 0 Å². The van der Waals surface area contributed by atoms with Gasteiger partial charge in [-0.1, -0.05) is 133 Å². The molecule has 0 spiro atoms. The predicted octanol–water partition coefficient (Wildman–Crippen LogP) is 10.8. The molecule has 0 radical (unpaired) electrons. The molecule has 39 heavy (non-hydrogen) atoms. The van der Waals surface area contributed by atoms with Crippen LogP contribution in [0.2, 0.25) is 0 Å². The minimum atomic E-state index is -0.483. The Bertz CT molecular complexity index is 2290. The first-order chi connectivity index (χ1) is 22.3. The van der Waals surface area contributed by atoms with E-state index in [0.29, 0.717) is 11.4 Å². The van der Waals surface area contributed by atoms with Gasteiger partial charge >= 0.3 is 0 Å². The van der Waals surface area contributed by atoms with Crippen molar-refractivity contribution in [1.82, 2.24) is 0 Å². The van der Waals surface area contributed by atoms with Crippen LogP contribution < -0.4 is 4.90 Å². The van der Waals surface area contributed by atoms with Crippen molar-refractivity contribution >= 4 is 38.6 Å². The van der Waals surface area contributed by atoms with Crippen molar-refractivity contribution in [3.05, 3.63) is 164 Å². The molecule has 0 amide bonds. The van der Waals surface area contributed by atoms with E-state index in [0.717, 1.165) is 33.0 Å². The Morgan fingerprint density at radius 3 is 2.08 bits per heavy atom. The monoisotopic (exact) mass is 504 g/mol. The lowest BCUT2D eigenvalue weighted by molar-refractivity contribution is 1.30. The fourth-order valence-electron chi connectivity index (χ4n) is 5.08. The third-order valence-corrected chi connectivity index (χ3v) is 6.93. The zero-order valence-corrected chi connectivity index (χ0v) is 21.0. The molecule has 0 aliphatic carbocycles. The van der Waals surface area contributed by atoms with Crippen LogP contribution in [-0.2, 0) is 0 Å². The standard InChI is InChI=1S/C38H27N/c1-2-13-29(14-3-1)35-21-8-9-22-37(35)39(38-23-11-17-30-15-6-7-20-36(30)38)34-19-10-18-32(27-34)33-25-24-28-12-4-5-16-31(28)26-33/h1-27H/i6D,7D,11D,15D,17D,20D,23D. The van der Waals surface area contributed by atoms with E-state index in [4.69, 9.17) is 8.22 Å². The summed E-state index contributed by atoms with van der Waals surface area (Å²) in [6.45, 7) is 0. The van der Waals surface area contributed by atoms with Gasteiger partial charge in [0.2, 0.25) is 0 Å². The van der Waals surface area contributed by atoms with Gasteiger partial charge < -0.3 is 4.90 Å². The van der Waals surface area contributed by atoms with Crippen LogP contribution in [0.15, 0.2) is 164 Å². The van der Waals surface area contributed by atoms with Crippen LogP contribution in [0.5, 0.6) is 0 Å². The molecule has 7 aromatic carbocycles. The van der Waals surface area contributed by atoms with Crippen LogP contribution in [0, 0.1) is 0 Å². The zero-order chi connectivity index (χ0) is 32.1. The highest BCUT2D eigenvalue weighted by Gasteiger charge is 2.19. The second-order valence-electron chi connectivity index (χ2n) is 9.30. The number of hydrogen-bond donors (Lipinski definition) is 0. The average Bonchev–Trinajstić information content (AvgIpc) is 3.10. The van der Waals surface area contributed by atoms with Crippen molar-refractivity contribution in [2.45, 2.75) is 0 Å². The number of fused-ring (bicyclic) bond motifs is 2. The largest absolute Gasteiger partial charge is 0.309 e. The Morgan fingerprint density at radius 2 is 1.15 bits per heavy atom. The minimum absolute atomic E-state index is 0.0240. The van der Waals surface area contributed by atoms with Crippen molar-refractivity contribution in [1.29, 1.82) is 0 Å². The molecule has 0 aliphatic heterocycles. The Balaban J connectivity index is 1.58. The lowest BCUT2D eigenvalue weighted by Crippen LogP contribution is -2.11. The highest BCUT2D eigenvalue weighted by Crippen LogP contribution is 2.44. The molecule has 7 rings (SSSR count). The van der Waals surface area contributed by atoms with Gasteiger partial charge in [-0.15, -0.1) is 0 Å². The Labute approximate surface area is 239 Å². The third-order valence-electron chi connectivity index (χ3n) is 6.93. The van der Waals surface area contributed by atoms with E-state index in [1.807, 2.05) is 91.0 Å². The summed E-state index contributed by atoms with van der Waals surface area (Å²) in [4.78, 5) is 1.80. The molecule has 0 unspecified atom stereocenters. The molecule has 7 aromatic rings. The fourth-order valence-corrected chi connectivity index (χ4v) is 5.08. The maximum atomic E-state index is 9.22. The lowest BCUT2D eigenvalue weighted by atomic mass is 9.98. The SMILES string of the molecule is [2H]c1c([2H])c([2H])c2c(N(c3cccc(-c4ccc5ccccc5c4)c3)c3ccccc3-c3ccccc3)c([2H])c([2H])c([2H])c2c1[2H]. The average molecular weight is 505 g/mol. The van der Waals surface area contributed by atoms with E-state index in [1.54, 1.807) is 4.90 Å². The number of benzene rings is 7. The molecule has 0 N–H and O–H groups in total. The van der Waals surface area contributed by atoms with Crippen molar-refractivity contribution < 1.29 is 9.60 Å². The van der Waals surface area contributed by atoms with Crippen LogP contribution >= 0.6 is 0 Å². The first-order valence-corrected chi connectivity index (χ1v) is 12.8. The van der Waals surface area contributed by atoms with Gasteiger partial charge in [-0.25, -0.2) is 0 Å². The molecule has 0 fully saturated rings. The van der Waals surface area contributed by atoms with Crippen LogP contribution in [0.25, 0.3) is 43.8 Å². The molecule has 0 bridgehead atoms. The van der Waals surface area contributed by atoms with Crippen LogP contribution in [0.3, 0.4) is 0 Å².